The van der Waals surface area contributed by atoms with Crippen LogP contribution in [0.3, 0.4) is 0 Å². The lowest BCUT2D eigenvalue weighted by atomic mass is 10.1. The molecule has 0 radical (unpaired) electrons. The van der Waals surface area contributed by atoms with Gasteiger partial charge in [0.2, 0.25) is 0 Å². The van der Waals surface area contributed by atoms with Crippen LogP contribution >= 0.6 is 43.5 Å². The van der Waals surface area contributed by atoms with E-state index in [0.717, 1.165) is 14.9 Å². The molecule has 0 aliphatic carbocycles. The number of hydrogen-bond acceptors (Lipinski definition) is 5. The highest BCUT2D eigenvalue weighted by Gasteiger charge is 2.37. The maximum absolute atomic E-state index is 13.1. The fraction of sp³-hybridized carbons (Fsp3) is 0.0800. The summed E-state index contributed by atoms with van der Waals surface area (Å²) in [5.41, 5.74) is 1.53. The Bertz CT molecular complexity index is 1340. The van der Waals surface area contributed by atoms with E-state index in [4.69, 9.17) is 21.1 Å². The van der Waals surface area contributed by atoms with Crippen molar-refractivity contribution < 1.29 is 23.9 Å². The molecule has 0 saturated carbocycles. The van der Waals surface area contributed by atoms with E-state index in [9.17, 15) is 14.4 Å². The number of benzene rings is 3. The normalized spacial score (nSPS) is 14.8. The number of anilines is 1. The zero-order valence-corrected chi connectivity index (χ0v) is 22.1. The van der Waals surface area contributed by atoms with Gasteiger partial charge in [-0.05, 0) is 65.7 Å². The number of barbiturate groups is 1. The number of ether oxygens (including phenoxy) is 2. The average Bonchev–Trinajstić information content (AvgIpc) is 2.83. The van der Waals surface area contributed by atoms with Crippen LogP contribution in [0, 0.1) is 0 Å². The lowest BCUT2D eigenvalue weighted by Gasteiger charge is -2.26. The van der Waals surface area contributed by atoms with E-state index in [1.54, 1.807) is 48.5 Å². The Labute approximate surface area is 222 Å². The van der Waals surface area contributed by atoms with Crippen molar-refractivity contribution in [2.75, 3.05) is 12.0 Å². The van der Waals surface area contributed by atoms with Crippen molar-refractivity contribution in [1.29, 1.82) is 0 Å². The summed E-state index contributed by atoms with van der Waals surface area (Å²) in [6.45, 7) is 0.283. The van der Waals surface area contributed by atoms with Crippen molar-refractivity contribution in [2.45, 2.75) is 6.61 Å². The number of methoxy groups -OCH3 is 1. The second-order valence-corrected chi connectivity index (χ2v) is 9.58. The largest absolute Gasteiger partial charge is 0.493 e. The Balaban J connectivity index is 1.63. The molecule has 7 nitrogen and oxygen atoms in total. The quantitative estimate of drug-likeness (QED) is 0.265. The van der Waals surface area contributed by atoms with Gasteiger partial charge < -0.3 is 9.47 Å². The summed E-state index contributed by atoms with van der Waals surface area (Å²) in [5, 5.41) is 2.84. The first kappa shape index (κ1) is 25.0. The molecule has 0 aromatic heterocycles. The Morgan fingerprint density at radius 3 is 2.31 bits per heavy atom. The van der Waals surface area contributed by atoms with Crippen LogP contribution in [0.2, 0.25) is 5.02 Å². The third-order valence-electron chi connectivity index (χ3n) is 5.08. The van der Waals surface area contributed by atoms with E-state index in [2.05, 4.69) is 37.2 Å². The molecule has 1 aliphatic heterocycles. The molecule has 1 saturated heterocycles. The molecule has 1 heterocycles. The lowest BCUT2D eigenvalue weighted by molar-refractivity contribution is -0.122. The van der Waals surface area contributed by atoms with Crippen molar-refractivity contribution in [2.24, 2.45) is 0 Å². The summed E-state index contributed by atoms with van der Waals surface area (Å²) >= 11 is 12.7. The van der Waals surface area contributed by atoms with Crippen LogP contribution in [0.5, 0.6) is 11.5 Å². The molecule has 1 fully saturated rings. The van der Waals surface area contributed by atoms with Gasteiger partial charge in [0.15, 0.2) is 11.5 Å². The SMILES string of the molecule is COc1cc(/C=C2\C(=O)NC(=O)N(c3ccc(Br)cc3)C2=O)c(Br)cc1OCc1ccc(Cl)cc1. The van der Waals surface area contributed by atoms with Crippen LogP contribution in [0.4, 0.5) is 10.5 Å². The van der Waals surface area contributed by atoms with Gasteiger partial charge in [-0.25, -0.2) is 9.69 Å². The second kappa shape index (κ2) is 10.6. The number of hydrogen-bond donors (Lipinski definition) is 1. The Morgan fingerprint density at radius 2 is 1.66 bits per heavy atom. The first-order valence-electron chi connectivity index (χ1n) is 10.2. The van der Waals surface area contributed by atoms with E-state index < -0.39 is 17.8 Å². The molecule has 0 spiro atoms. The van der Waals surface area contributed by atoms with Crippen LogP contribution in [-0.2, 0) is 16.2 Å². The van der Waals surface area contributed by atoms with Crippen molar-refractivity contribution in [3.05, 3.63) is 91.3 Å². The van der Waals surface area contributed by atoms with Crippen LogP contribution in [0.15, 0.2) is 75.2 Å². The maximum Gasteiger partial charge on any atom is 0.335 e. The van der Waals surface area contributed by atoms with Gasteiger partial charge in [0.25, 0.3) is 11.8 Å². The van der Waals surface area contributed by atoms with E-state index in [1.165, 1.54) is 13.2 Å². The van der Waals surface area contributed by atoms with Crippen LogP contribution in [0.25, 0.3) is 6.08 Å². The molecule has 35 heavy (non-hydrogen) atoms. The van der Waals surface area contributed by atoms with Gasteiger partial charge in [0.05, 0.1) is 12.8 Å². The molecule has 0 unspecified atom stereocenters. The number of halogens is 3. The van der Waals surface area contributed by atoms with Crippen LogP contribution < -0.4 is 19.7 Å². The first-order chi connectivity index (χ1) is 16.8. The first-order valence-corrected chi connectivity index (χ1v) is 12.1. The number of imide groups is 2. The molecule has 3 aromatic carbocycles. The highest BCUT2D eigenvalue weighted by Crippen LogP contribution is 2.36. The number of nitrogens with zero attached hydrogens (tertiary/aromatic N) is 1. The van der Waals surface area contributed by atoms with E-state index in [-0.39, 0.29) is 12.2 Å². The fourth-order valence-corrected chi connectivity index (χ4v) is 4.14. The second-order valence-electron chi connectivity index (χ2n) is 7.37. The molecule has 4 amide bonds. The van der Waals surface area contributed by atoms with Crippen molar-refractivity contribution in [3.63, 3.8) is 0 Å². The van der Waals surface area contributed by atoms with Crippen LogP contribution in [0.1, 0.15) is 11.1 Å². The molecule has 1 N–H and O–H groups in total. The molecule has 178 valence electrons. The standard InChI is InChI=1S/C25H17Br2ClN2O5/c1-34-21-11-15(20(27)12-22(21)35-13-14-2-6-17(28)7-3-14)10-19-23(31)29-25(33)30(24(19)32)18-8-4-16(26)5-9-18/h2-12H,13H2,1H3,(H,29,31,33)/b19-10+. The Kier molecular flexibility index (Phi) is 7.59. The van der Waals surface area contributed by atoms with Gasteiger partial charge in [-0.2, -0.15) is 0 Å². The minimum absolute atomic E-state index is 0.204. The molecule has 4 rings (SSSR count). The predicted molar refractivity (Wildman–Crippen MR) is 140 cm³/mol. The monoisotopic (exact) mass is 618 g/mol. The summed E-state index contributed by atoms with van der Waals surface area (Å²) in [6.07, 6.45) is 1.39. The smallest absolute Gasteiger partial charge is 0.335 e. The predicted octanol–water partition coefficient (Wildman–Crippen LogP) is 6.12. The number of nitrogens with one attached hydrogen (secondary N) is 1. The summed E-state index contributed by atoms with van der Waals surface area (Å²) in [4.78, 5) is 39.0. The summed E-state index contributed by atoms with van der Waals surface area (Å²) in [5.74, 6) is -0.668. The minimum Gasteiger partial charge on any atom is -0.493 e. The topological polar surface area (TPSA) is 84.9 Å². The van der Waals surface area contributed by atoms with Crippen LogP contribution in [-0.4, -0.2) is 25.0 Å². The lowest BCUT2D eigenvalue weighted by Crippen LogP contribution is -2.54. The number of amides is 4. The molecule has 1 aliphatic rings. The third-order valence-corrected chi connectivity index (χ3v) is 6.54. The minimum atomic E-state index is -0.818. The highest BCUT2D eigenvalue weighted by molar-refractivity contribution is 9.10. The van der Waals surface area contributed by atoms with E-state index in [1.807, 2.05) is 12.1 Å². The van der Waals surface area contributed by atoms with Crippen molar-refractivity contribution >= 4 is 73.1 Å². The maximum atomic E-state index is 13.1. The molecule has 3 aromatic rings. The van der Waals surface area contributed by atoms with E-state index in [0.29, 0.717) is 32.2 Å². The van der Waals surface area contributed by atoms with Gasteiger partial charge in [-0.15, -0.1) is 0 Å². The Morgan fingerprint density at radius 1 is 0.971 bits per heavy atom. The number of carbonyl (C=O) groups is 3. The number of rotatable bonds is 6. The van der Waals surface area contributed by atoms with Gasteiger partial charge in [0, 0.05) is 14.0 Å². The number of urea groups is 1. The summed E-state index contributed by atoms with van der Waals surface area (Å²) in [7, 11) is 1.49. The molecule has 0 atom stereocenters. The third kappa shape index (κ3) is 5.58. The van der Waals surface area contributed by atoms with Gasteiger partial charge in [-0.3, -0.25) is 14.9 Å². The Hall–Kier alpha value is -3.14. The fourth-order valence-electron chi connectivity index (χ4n) is 3.31. The van der Waals surface area contributed by atoms with E-state index >= 15 is 0 Å². The molecule has 0 bridgehead atoms. The molecular weight excluding hydrogens is 604 g/mol. The van der Waals surface area contributed by atoms with Crippen molar-refractivity contribution in [1.82, 2.24) is 5.32 Å². The molecule has 10 heteroatoms. The highest BCUT2D eigenvalue weighted by atomic mass is 79.9. The number of carbonyl (C=O) groups excluding carboxylic acids is 3. The average molecular weight is 621 g/mol. The summed E-state index contributed by atoms with van der Waals surface area (Å²) < 4.78 is 12.7. The zero-order valence-electron chi connectivity index (χ0n) is 18.2. The zero-order chi connectivity index (χ0) is 25.1. The van der Waals surface area contributed by atoms with Gasteiger partial charge in [0.1, 0.15) is 12.2 Å². The van der Waals surface area contributed by atoms with Gasteiger partial charge >= 0.3 is 6.03 Å². The molecular formula is C25H17Br2ClN2O5. The summed E-state index contributed by atoms with van der Waals surface area (Å²) in [6, 6.07) is 16.3. The van der Waals surface area contributed by atoms with Gasteiger partial charge in [-0.1, -0.05) is 55.6 Å². The van der Waals surface area contributed by atoms with Crippen molar-refractivity contribution in [3.8, 4) is 11.5 Å².